The molecule has 1 N–H and O–H groups in total. The second-order valence-electron chi connectivity index (χ2n) is 7.01. The molecule has 88 valence electrons. The van der Waals surface area contributed by atoms with Crippen LogP contribution in [0.2, 0.25) is 0 Å². The Balaban J connectivity index is 1.84. The van der Waals surface area contributed by atoms with Crippen LogP contribution < -0.4 is 0 Å². The third-order valence-corrected chi connectivity index (χ3v) is 4.51. The van der Waals surface area contributed by atoms with Gasteiger partial charge in [0.05, 0.1) is 5.60 Å². The number of hydrogen-bond donors (Lipinski definition) is 1. The van der Waals surface area contributed by atoms with Crippen LogP contribution in [0.25, 0.3) is 0 Å². The van der Waals surface area contributed by atoms with Crippen LogP contribution in [0.4, 0.5) is 0 Å². The lowest BCUT2D eigenvalue weighted by Gasteiger charge is -2.41. The average Bonchev–Trinajstić information content (AvgIpc) is 2.86. The molecule has 0 spiro atoms. The Morgan fingerprint density at radius 1 is 1.07 bits per heavy atom. The van der Waals surface area contributed by atoms with Gasteiger partial charge in [-0.25, -0.2) is 0 Å². The SMILES string of the molecule is CC(C)(C)C1CCC(O)(CC2CC2)CC1. The van der Waals surface area contributed by atoms with Crippen LogP contribution in [0.5, 0.6) is 0 Å². The molecule has 0 heterocycles. The van der Waals surface area contributed by atoms with E-state index < -0.39 is 0 Å². The van der Waals surface area contributed by atoms with Crippen LogP contribution in [-0.4, -0.2) is 10.7 Å². The van der Waals surface area contributed by atoms with Crippen molar-refractivity contribution in [1.82, 2.24) is 0 Å². The summed E-state index contributed by atoms with van der Waals surface area (Å²) in [6, 6.07) is 0. The van der Waals surface area contributed by atoms with E-state index >= 15 is 0 Å². The van der Waals surface area contributed by atoms with Gasteiger partial charge in [-0.15, -0.1) is 0 Å². The first kappa shape index (κ1) is 11.4. The van der Waals surface area contributed by atoms with E-state index in [2.05, 4.69) is 20.8 Å². The topological polar surface area (TPSA) is 20.2 Å². The molecule has 2 saturated carbocycles. The fourth-order valence-corrected chi connectivity index (χ4v) is 3.08. The van der Waals surface area contributed by atoms with Crippen LogP contribution in [-0.2, 0) is 0 Å². The van der Waals surface area contributed by atoms with Gasteiger partial charge in [-0.3, -0.25) is 0 Å². The Labute approximate surface area is 94.3 Å². The van der Waals surface area contributed by atoms with Crippen molar-refractivity contribution in [1.29, 1.82) is 0 Å². The maximum absolute atomic E-state index is 10.5. The van der Waals surface area contributed by atoms with Crippen LogP contribution in [0.3, 0.4) is 0 Å². The van der Waals surface area contributed by atoms with Gasteiger partial charge >= 0.3 is 0 Å². The molecule has 0 aromatic heterocycles. The number of hydrogen-bond acceptors (Lipinski definition) is 1. The molecule has 2 fully saturated rings. The van der Waals surface area contributed by atoms with E-state index in [4.69, 9.17) is 0 Å². The lowest BCUT2D eigenvalue weighted by atomic mass is 9.67. The van der Waals surface area contributed by atoms with Crippen molar-refractivity contribution in [2.75, 3.05) is 0 Å². The molecule has 0 aromatic rings. The molecule has 1 heteroatoms. The predicted octanol–water partition coefficient (Wildman–Crippen LogP) is 3.75. The van der Waals surface area contributed by atoms with E-state index in [1.54, 1.807) is 0 Å². The van der Waals surface area contributed by atoms with Crippen LogP contribution in [0.15, 0.2) is 0 Å². The highest BCUT2D eigenvalue weighted by Gasteiger charge is 2.40. The minimum atomic E-state index is -0.289. The van der Waals surface area contributed by atoms with Crippen molar-refractivity contribution >= 4 is 0 Å². The summed E-state index contributed by atoms with van der Waals surface area (Å²) in [5.74, 6) is 1.68. The first-order chi connectivity index (χ1) is 6.89. The minimum absolute atomic E-state index is 0.289. The third-order valence-electron chi connectivity index (χ3n) is 4.51. The highest BCUT2D eigenvalue weighted by Crippen LogP contribution is 2.46. The smallest absolute Gasteiger partial charge is 0.0650 e. The summed E-state index contributed by atoms with van der Waals surface area (Å²) in [5.41, 5.74) is 0.143. The summed E-state index contributed by atoms with van der Waals surface area (Å²) in [7, 11) is 0. The molecule has 1 nitrogen and oxygen atoms in total. The van der Waals surface area contributed by atoms with Gasteiger partial charge in [0.2, 0.25) is 0 Å². The molecule has 0 unspecified atom stereocenters. The summed E-state index contributed by atoms with van der Waals surface area (Å²) < 4.78 is 0. The van der Waals surface area contributed by atoms with Crippen molar-refractivity contribution in [2.24, 2.45) is 17.3 Å². The zero-order valence-electron chi connectivity index (χ0n) is 10.6. The van der Waals surface area contributed by atoms with Crippen LogP contribution in [0.1, 0.15) is 65.7 Å². The van der Waals surface area contributed by atoms with Gasteiger partial charge in [-0.05, 0) is 49.4 Å². The summed E-state index contributed by atoms with van der Waals surface area (Å²) in [6.45, 7) is 7.01. The van der Waals surface area contributed by atoms with Crippen molar-refractivity contribution in [3.8, 4) is 0 Å². The van der Waals surface area contributed by atoms with Crippen molar-refractivity contribution in [3.05, 3.63) is 0 Å². The fourth-order valence-electron chi connectivity index (χ4n) is 3.08. The molecule has 2 aliphatic carbocycles. The third kappa shape index (κ3) is 2.96. The monoisotopic (exact) mass is 210 g/mol. The Morgan fingerprint density at radius 3 is 2.00 bits per heavy atom. The van der Waals surface area contributed by atoms with Crippen molar-refractivity contribution in [3.63, 3.8) is 0 Å². The predicted molar refractivity (Wildman–Crippen MR) is 63.7 cm³/mol. The van der Waals surface area contributed by atoms with Crippen molar-refractivity contribution < 1.29 is 5.11 Å². The van der Waals surface area contributed by atoms with E-state index in [9.17, 15) is 5.11 Å². The lowest BCUT2D eigenvalue weighted by molar-refractivity contribution is -0.0351. The largest absolute Gasteiger partial charge is 0.390 e. The van der Waals surface area contributed by atoms with Gasteiger partial charge in [-0.2, -0.15) is 0 Å². The van der Waals surface area contributed by atoms with Gasteiger partial charge in [-0.1, -0.05) is 33.6 Å². The molecule has 0 aromatic carbocycles. The summed E-state index contributed by atoms with van der Waals surface area (Å²) in [5, 5.41) is 10.5. The lowest BCUT2D eigenvalue weighted by Crippen LogP contribution is -2.37. The molecule has 15 heavy (non-hydrogen) atoms. The molecular formula is C14H26O. The second-order valence-corrected chi connectivity index (χ2v) is 7.01. The average molecular weight is 210 g/mol. The number of rotatable bonds is 2. The van der Waals surface area contributed by atoms with E-state index in [1.807, 2.05) is 0 Å². The fraction of sp³-hybridized carbons (Fsp3) is 1.00. The minimum Gasteiger partial charge on any atom is -0.390 e. The Bertz CT molecular complexity index is 214. The van der Waals surface area contributed by atoms with Gasteiger partial charge in [0.25, 0.3) is 0 Å². The Hall–Kier alpha value is -0.0400. The zero-order valence-corrected chi connectivity index (χ0v) is 10.6. The van der Waals surface area contributed by atoms with Gasteiger partial charge < -0.3 is 5.11 Å². The normalized spacial score (nSPS) is 38.0. The molecule has 0 bridgehead atoms. The molecule has 0 aliphatic heterocycles. The number of aliphatic hydroxyl groups is 1. The molecule has 0 radical (unpaired) electrons. The first-order valence-electron chi connectivity index (χ1n) is 6.61. The Morgan fingerprint density at radius 2 is 1.60 bits per heavy atom. The maximum Gasteiger partial charge on any atom is 0.0650 e. The van der Waals surface area contributed by atoms with E-state index in [-0.39, 0.29) is 5.60 Å². The highest BCUT2D eigenvalue weighted by molar-refractivity contribution is 4.92. The molecule has 0 atom stereocenters. The van der Waals surface area contributed by atoms with E-state index in [0.717, 1.165) is 31.1 Å². The standard InChI is InChI=1S/C14H26O/c1-13(2,3)12-6-8-14(15,9-7-12)10-11-4-5-11/h11-12,15H,4-10H2,1-3H3. The highest BCUT2D eigenvalue weighted by atomic mass is 16.3. The van der Waals surface area contributed by atoms with Crippen LogP contribution in [0, 0.1) is 17.3 Å². The van der Waals surface area contributed by atoms with Gasteiger partial charge in [0.15, 0.2) is 0 Å². The first-order valence-corrected chi connectivity index (χ1v) is 6.61. The summed E-state index contributed by atoms with van der Waals surface area (Å²) >= 11 is 0. The van der Waals surface area contributed by atoms with Gasteiger partial charge in [0.1, 0.15) is 0 Å². The molecule has 0 amide bonds. The molecular weight excluding hydrogens is 184 g/mol. The Kier molecular flexibility index (Phi) is 2.87. The molecule has 2 aliphatic rings. The second kappa shape index (κ2) is 3.76. The van der Waals surface area contributed by atoms with Crippen LogP contribution >= 0.6 is 0 Å². The zero-order chi connectivity index (χ0) is 11.1. The quantitative estimate of drug-likeness (QED) is 0.736. The summed E-state index contributed by atoms with van der Waals surface area (Å²) in [4.78, 5) is 0. The van der Waals surface area contributed by atoms with E-state index in [1.165, 1.54) is 25.7 Å². The van der Waals surface area contributed by atoms with Gasteiger partial charge in [0, 0.05) is 0 Å². The van der Waals surface area contributed by atoms with Crippen molar-refractivity contribution in [2.45, 2.75) is 71.3 Å². The van der Waals surface area contributed by atoms with E-state index in [0.29, 0.717) is 5.41 Å². The summed E-state index contributed by atoms with van der Waals surface area (Å²) in [6.07, 6.45) is 8.37. The molecule has 2 rings (SSSR count). The maximum atomic E-state index is 10.5. The molecule has 0 saturated heterocycles.